The van der Waals surface area contributed by atoms with E-state index in [1.807, 2.05) is 0 Å². The molecular formula is C61H36O. The fourth-order valence-electron chi connectivity index (χ4n) is 11.6. The molecule has 1 aromatic heterocycles. The molecule has 0 fully saturated rings. The van der Waals surface area contributed by atoms with Gasteiger partial charge in [-0.15, -0.1) is 0 Å². The van der Waals surface area contributed by atoms with Gasteiger partial charge < -0.3 is 4.42 Å². The van der Waals surface area contributed by atoms with E-state index in [0.717, 1.165) is 21.9 Å². The first-order valence-electron chi connectivity index (χ1n) is 21.6. The zero-order valence-corrected chi connectivity index (χ0v) is 33.7. The van der Waals surface area contributed by atoms with Crippen LogP contribution in [0.5, 0.6) is 0 Å². The molecule has 14 rings (SSSR count). The van der Waals surface area contributed by atoms with Gasteiger partial charge in [0.25, 0.3) is 0 Å². The summed E-state index contributed by atoms with van der Waals surface area (Å²) in [5.41, 5.74) is 19.4. The second-order valence-electron chi connectivity index (χ2n) is 17.0. The molecule has 12 aromatic rings. The van der Waals surface area contributed by atoms with Crippen molar-refractivity contribution in [1.82, 2.24) is 0 Å². The lowest BCUT2D eigenvalue weighted by Crippen LogP contribution is -2.25. The average molecular weight is 785 g/mol. The van der Waals surface area contributed by atoms with Crippen LogP contribution in [0.2, 0.25) is 0 Å². The Bertz CT molecular complexity index is 3760. The summed E-state index contributed by atoms with van der Waals surface area (Å²) in [6.45, 7) is 0. The number of fused-ring (bicyclic) bond motifs is 16. The molecule has 286 valence electrons. The maximum Gasteiger partial charge on any atom is 0.136 e. The van der Waals surface area contributed by atoms with Crippen LogP contribution in [0.4, 0.5) is 0 Å². The minimum Gasteiger partial charge on any atom is -0.456 e. The van der Waals surface area contributed by atoms with Crippen molar-refractivity contribution in [3.05, 3.63) is 241 Å². The second kappa shape index (κ2) is 12.5. The van der Waals surface area contributed by atoms with Gasteiger partial charge in [0.05, 0.1) is 5.41 Å². The largest absolute Gasteiger partial charge is 0.456 e. The van der Waals surface area contributed by atoms with Gasteiger partial charge in [-0.3, -0.25) is 0 Å². The number of benzene rings is 11. The van der Waals surface area contributed by atoms with Crippen LogP contribution < -0.4 is 0 Å². The van der Waals surface area contributed by atoms with Crippen LogP contribution in [0.25, 0.3) is 110 Å². The van der Waals surface area contributed by atoms with E-state index in [1.54, 1.807) is 0 Å². The van der Waals surface area contributed by atoms with E-state index < -0.39 is 5.41 Å². The molecule has 2 aliphatic carbocycles. The predicted octanol–water partition coefficient (Wildman–Crippen LogP) is 16.4. The zero-order chi connectivity index (χ0) is 40.5. The van der Waals surface area contributed by atoms with Gasteiger partial charge in [-0.25, -0.2) is 0 Å². The molecule has 0 atom stereocenters. The minimum absolute atomic E-state index is 0.405. The molecule has 1 nitrogen and oxygen atoms in total. The highest BCUT2D eigenvalue weighted by Crippen LogP contribution is 2.63. The molecule has 0 radical (unpaired) electrons. The maximum absolute atomic E-state index is 6.52. The van der Waals surface area contributed by atoms with Gasteiger partial charge in [-0.1, -0.05) is 188 Å². The fourth-order valence-corrected chi connectivity index (χ4v) is 11.6. The minimum atomic E-state index is -0.405. The summed E-state index contributed by atoms with van der Waals surface area (Å²) >= 11 is 0. The summed E-state index contributed by atoms with van der Waals surface area (Å²) in [5.74, 6) is 0. The quantitative estimate of drug-likeness (QED) is 0.163. The van der Waals surface area contributed by atoms with Crippen LogP contribution in [0.1, 0.15) is 22.3 Å². The molecule has 0 aliphatic heterocycles. The van der Waals surface area contributed by atoms with Crippen LogP contribution in [0.3, 0.4) is 0 Å². The normalized spacial score (nSPS) is 13.3. The first-order valence-corrected chi connectivity index (χ1v) is 21.6. The molecule has 0 amide bonds. The van der Waals surface area contributed by atoms with Crippen LogP contribution >= 0.6 is 0 Å². The summed E-state index contributed by atoms with van der Waals surface area (Å²) in [6.07, 6.45) is 0. The Kier molecular flexibility index (Phi) is 6.82. The molecule has 1 heteroatoms. The smallest absolute Gasteiger partial charge is 0.136 e. The Balaban J connectivity index is 0.999. The molecule has 1 heterocycles. The predicted molar refractivity (Wildman–Crippen MR) is 259 cm³/mol. The molecule has 0 unspecified atom stereocenters. The highest BCUT2D eigenvalue weighted by atomic mass is 16.3. The molecule has 62 heavy (non-hydrogen) atoms. The Morgan fingerprint density at radius 3 is 1.35 bits per heavy atom. The van der Waals surface area contributed by atoms with Gasteiger partial charge in [-0.05, 0) is 141 Å². The Morgan fingerprint density at radius 2 is 0.742 bits per heavy atom. The van der Waals surface area contributed by atoms with E-state index in [9.17, 15) is 0 Å². The Morgan fingerprint density at radius 1 is 0.274 bits per heavy atom. The number of hydrogen-bond acceptors (Lipinski definition) is 1. The van der Waals surface area contributed by atoms with Crippen LogP contribution in [0.15, 0.2) is 223 Å². The van der Waals surface area contributed by atoms with Crippen molar-refractivity contribution in [3.8, 4) is 55.6 Å². The third-order valence-corrected chi connectivity index (χ3v) is 14.0. The van der Waals surface area contributed by atoms with Crippen LogP contribution in [0, 0.1) is 0 Å². The van der Waals surface area contributed by atoms with Gasteiger partial charge in [-0.2, -0.15) is 0 Å². The standard InChI is InChI=1S/C61H36O/c1-2-16-38-36-57-51(34-37(38)15-1)60-42(26-14-30-56(60)62-57)39-17-13-18-40(33-39)58-47-22-3-5-24-49(47)59(50-25-6-4-23-48(50)58)41-31-32-46-45-21-9-12-29-54(45)61(55(46)35-41)52-27-10-7-19-43(52)44-20-8-11-28-53(44)61/h1-36H. The number of furan rings is 1. The van der Waals surface area contributed by atoms with Gasteiger partial charge in [0.1, 0.15) is 11.2 Å². The fraction of sp³-hybridized carbons (Fsp3) is 0.0164. The lowest BCUT2D eigenvalue weighted by atomic mass is 9.70. The van der Waals surface area contributed by atoms with E-state index in [1.165, 1.54) is 110 Å². The molecule has 0 bridgehead atoms. The van der Waals surface area contributed by atoms with Crippen LogP contribution in [-0.4, -0.2) is 0 Å². The average Bonchev–Trinajstić information content (AvgIpc) is 3.96. The second-order valence-corrected chi connectivity index (χ2v) is 17.0. The highest BCUT2D eigenvalue weighted by molar-refractivity contribution is 6.22. The van der Waals surface area contributed by atoms with E-state index >= 15 is 0 Å². The van der Waals surface area contributed by atoms with Gasteiger partial charge in [0.15, 0.2) is 0 Å². The molecule has 11 aromatic carbocycles. The molecule has 1 spiro atoms. The van der Waals surface area contributed by atoms with Crippen LogP contribution in [-0.2, 0) is 5.41 Å². The van der Waals surface area contributed by atoms with Gasteiger partial charge in [0.2, 0.25) is 0 Å². The molecule has 2 aliphatic rings. The lowest BCUT2D eigenvalue weighted by molar-refractivity contribution is 0.669. The van der Waals surface area contributed by atoms with E-state index in [0.29, 0.717) is 0 Å². The summed E-state index contributed by atoms with van der Waals surface area (Å²) < 4.78 is 6.52. The lowest BCUT2D eigenvalue weighted by Gasteiger charge is -2.30. The number of hydrogen-bond donors (Lipinski definition) is 0. The third-order valence-electron chi connectivity index (χ3n) is 14.0. The van der Waals surface area contributed by atoms with E-state index in [4.69, 9.17) is 4.42 Å². The third kappa shape index (κ3) is 4.42. The van der Waals surface area contributed by atoms with Crippen molar-refractivity contribution in [3.63, 3.8) is 0 Å². The summed E-state index contributed by atoms with van der Waals surface area (Å²) in [4.78, 5) is 0. The summed E-state index contributed by atoms with van der Waals surface area (Å²) in [6, 6.07) is 81.1. The first kappa shape index (κ1) is 33.8. The molecule has 0 saturated carbocycles. The first-order chi connectivity index (χ1) is 30.8. The zero-order valence-electron chi connectivity index (χ0n) is 33.7. The molecule has 0 saturated heterocycles. The topological polar surface area (TPSA) is 13.1 Å². The highest BCUT2D eigenvalue weighted by Gasteiger charge is 2.51. The Hall–Kier alpha value is -8.00. The van der Waals surface area contributed by atoms with Gasteiger partial charge in [0, 0.05) is 10.8 Å². The van der Waals surface area contributed by atoms with Crippen molar-refractivity contribution in [2.75, 3.05) is 0 Å². The maximum atomic E-state index is 6.52. The van der Waals surface area contributed by atoms with E-state index in [2.05, 4.69) is 218 Å². The Labute approximate surface area is 358 Å². The molecular weight excluding hydrogens is 749 g/mol. The number of rotatable bonds is 3. The van der Waals surface area contributed by atoms with E-state index in [-0.39, 0.29) is 0 Å². The summed E-state index contributed by atoms with van der Waals surface area (Å²) in [5, 5.41) is 9.67. The molecule has 0 N–H and O–H groups in total. The van der Waals surface area contributed by atoms with Gasteiger partial charge >= 0.3 is 0 Å². The van der Waals surface area contributed by atoms with Crippen molar-refractivity contribution in [2.45, 2.75) is 5.41 Å². The summed E-state index contributed by atoms with van der Waals surface area (Å²) in [7, 11) is 0. The van der Waals surface area contributed by atoms with Crippen molar-refractivity contribution in [1.29, 1.82) is 0 Å². The van der Waals surface area contributed by atoms with Crippen molar-refractivity contribution in [2.24, 2.45) is 0 Å². The van der Waals surface area contributed by atoms with Crippen molar-refractivity contribution >= 4 is 54.3 Å². The SMILES string of the molecule is c1cc(-c2c3ccccc3c(-c3ccc4c(c3)C3(c5ccccc5-c5ccccc53)c3ccccc3-4)c3ccccc23)cc(-c2cccc3oc4cc5ccccc5cc4c23)c1. The monoisotopic (exact) mass is 784 g/mol. The van der Waals surface area contributed by atoms with Crippen molar-refractivity contribution < 1.29 is 4.42 Å².